The highest BCUT2D eigenvalue weighted by molar-refractivity contribution is 6.42. The summed E-state index contributed by atoms with van der Waals surface area (Å²) in [6, 6.07) is 4.77. The maximum atomic E-state index is 11.7. The van der Waals surface area contributed by atoms with Gasteiger partial charge in [-0.2, -0.15) is 0 Å². The van der Waals surface area contributed by atoms with Gasteiger partial charge in [0.25, 0.3) is 0 Å². The van der Waals surface area contributed by atoms with E-state index in [1.807, 2.05) is 0 Å². The van der Waals surface area contributed by atoms with Gasteiger partial charge < -0.3 is 15.0 Å². The van der Waals surface area contributed by atoms with E-state index < -0.39 is 0 Å². The molecule has 0 fully saturated rings. The van der Waals surface area contributed by atoms with Gasteiger partial charge in [-0.25, -0.2) is 0 Å². The highest BCUT2D eigenvalue weighted by Crippen LogP contribution is 2.27. The van der Waals surface area contributed by atoms with Crippen molar-refractivity contribution in [2.75, 3.05) is 31.7 Å². The summed E-state index contributed by atoms with van der Waals surface area (Å²) in [5.74, 6) is -0.534. The van der Waals surface area contributed by atoms with Gasteiger partial charge in [-0.1, -0.05) is 23.2 Å². The second kappa shape index (κ2) is 8.09. The lowest BCUT2D eigenvalue weighted by molar-refractivity contribution is -0.123. The lowest BCUT2D eigenvalue weighted by atomic mass is 10.2. The lowest BCUT2D eigenvalue weighted by Crippen LogP contribution is -2.40. The van der Waals surface area contributed by atoms with Crippen LogP contribution in [0.3, 0.4) is 0 Å². The summed E-state index contributed by atoms with van der Waals surface area (Å²) in [6.07, 6.45) is 0. The first-order valence-electron chi connectivity index (χ1n) is 5.94. The van der Waals surface area contributed by atoms with Crippen LogP contribution in [0.15, 0.2) is 18.2 Å². The first kappa shape index (κ1) is 16.8. The van der Waals surface area contributed by atoms with Crippen LogP contribution >= 0.6 is 23.2 Å². The van der Waals surface area contributed by atoms with Crippen molar-refractivity contribution in [2.45, 2.75) is 6.92 Å². The van der Waals surface area contributed by atoms with Gasteiger partial charge in [0.1, 0.15) is 6.54 Å². The van der Waals surface area contributed by atoms with Crippen LogP contribution in [0.2, 0.25) is 10.0 Å². The number of anilines is 1. The molecule has 0 atom stereocenters. The van der Waals surface area contributed by atoms with E-state index in [9.17, 15) is 9.59 Å². The largest absolute Gasteiger partial charge is 0.383 e. The number of hydrogen-bond donors (Lipinski definition) is 1. The molecule has 1 rings (SSSR count). The first-order valence-corrected chi connectivity index (χ1v) is 6.70. The standard InChI is InChI=1S/C13H16Cl2N2O3/c1-9(18)17(8-13(19)16-5-6-20-2)10-3-4-11(14)12(15)7-10/h3-4,7H,5-6,8H2,1-2H3,(H,16,19). The smallest absolute Gasteiger partial charge is 0.240 e. The number of carbonyl (C=O) groups is 2. The normalized spacial score (nSPS) is 10.2. The Labute approximate surface area is 127 Å². The molecule has 1 N–H and O–H groups in total. The van der Waals surface area contributed by atoms with E-state index in [4.69, 9.17) is 27.9 Å². The molecule has 20 heavy (non-hydrogen) atoms. The van der Waals surface area contributed by atoms with Gasteiger partial charge in [0.05, 0.1) is 16.7 Å². The van der Waals surface area contributed by atoms with Crippen molar-refractivity contribution in [3.05, 3.63) is 28.2 Å². The van der Waals surface area contributed by atoms with Crippen LogP contribution in [0.1, 0.15) is 6.92 Å². The molecule has 0 aromatic heterocycles. The van der Waals surface area contributed by atoms with Gasteiger partial charge in [-0.05, 0) is 18.2 Å². The molecule has 1 aromatic rings. The van der Waals surface area contributed by atoms with Crippen molar-refractivity contribution in [1.82, 2.24) is 5.32 Å². The van der Waals surface area contributed by atoms with E-state index in [0.29, 0.717) is 28.9 Å². The summed E-state index contributed by atoms with van der Waals surface area (Å²) < 4.78 is 4.83. The van der Waals surface area contributed by atoms with Gasteiger partial charge in [-0.15, -0.1) is 0 Å². The van der Waals surface area contributed by atoms with Gasteiger partial charge in [0.2, 0.25) is 11.8 Å². The number of ether oxygens (including phenoxy) is 1. The number of amides is 2. The van der Waals surface area contributed by atoms with Crippen molar-refractivity contribution in [1.29, 1.82) is 0 Å². The van der Waals surface area contributed by atoms with E-state index in [1.165, 1.54) is 11.8 Å². The molecule has 0 unspecified atom stereocenters. The zero-order chi connectivity index (χ0) is 15.1. The molecule has 0 aliphatic heterocycles. The number of nitrogens with zero attached hydrogens (tertiary/aromatic N) is 1. The summed E-state index contributed by atoms with van der Waals surface area (Å²) in [7, 11) is 1.55. The molecule has 0 radical (unpaired) electrons. The van der Waals surface area contributed by atoms with E-state index in [0.717, 1.165) is 0 Å². The van der Waals surface area contributed by atoms with E-state index in [-0.39, 0.29) is 18.4 Å². The monoisotopic (exact) mass is 318 g/mol. The van der Waals surface area contributed by atoms with Crippen molar-refractivity contribution < 1.29 is 14.3 Å². The third-order valence-corrected chi connectivity index (χ3v) is 3.26. The average Bonchev–Trinajstić information content (AvgIpc) is 2.39. The molecule has 0 saturated carbocycles. The zero-order valence-corrected chi connectivity index (χ0v) is 12.8. The van der Waals surface area contributed by atoms with Crippen LogP contribution in [-0.4, -0.2) is 38.6 Å². The summed E-state index contributed by atoms with van der Waals surface area (Å²) >= 11 is 11.7. The second-order valence-electron chi connectivity index (χ2n) is 4.05. The molecule has 7 heteroatoms. The molecule has 0 bridgehead atoms. The number of nitrogens with one attached hydrogen (secondary N) is 1. The van der Waals surface area contributed by atoms with Crippen LogP contribution in [0.4, 0.5) is 5.69 Å². The third-order valence-electron chi connectivity index (χ3n) is 2.53. The minimum atomic E-state index is -0.275. The summed E-state index contributed by atoms with van der Waals surface area (Å²) in [6.45, 7) is 2.10. The number of halogens is 2. The van der Waals surface area contributed by atoms with Gasteiger partial charge in [0, 0.05) is 26.3 Å². The van der Waals surface area contributed by atoms with Crippen molar-refractivity contribution in [3.8, 4) is 0 Å². The highest BCUT2D eigenvalue weighted by atomic mass is 35.5. The second-order valence-corrected chi connectivity index (χ2v) is 4.86. The Balaban J connectivity index is 2.76. The number of rotatable bonds is 6. The molecule has 0 aliphatic rings. The van der Waals surface area contributed by atoms with Gasteiger partial charge in [-0.3, -0.25) is 9.59 Å². The SMILES string of the molecule is COCCNC(=O)CN(C(C)=O)c1ccc(Cl)c(Cl)c1. The average molecular weight is 319 g/mol. The molecule has 0 spiro atoms. The predicted octanol–water partition coefficient (Wildman–Crippen LogP) is 2.11. The Morgan fingerprint density at radius 1 is 1.30 bits per heavy atom. The fourth-order valence-corrected chi connectivity index (χ4v) is 1.82. The van der Waals surface area contributed by atoms with Crippen molar-refractivity contribution >= 4 is 40.7 Å². The lowest BCUT2D eigenvalue weighted by Gasteiger charge is -2.21. The zero-order valence-electron chi connectivity index (χ0n) is 11.3. The number of methoxy groups -OCH3 is 1. The quantitative estimate of drug-likeness (QED) is 0.817. The minimum Gasteiger partial charge on any atom is -0.383 e. The molecule has 0 aliphatic carbocycles. The van der Waals surface area contributed by atoms with Crippen LogP contribution in [-0.2, 0) is 14.3 Å². The fourth-order valence-electron chi connectivity index (χ4n) is 1.53. The highest BCUT2D eigenvalue weighted by Gasteiger charge is 2.16. The Hall–Kier alpha value is -1.30. The third kappa shape index (κ3) is 5.00. The minimum absolute atomic E-state index is 0.0863. The number of hydrogen-bond acceptors (Lipinski definition) is 3. The summed E-state index contributed by atoms with van der Waals surface area (Å²) in [5, 5.41) is 3.37. The van der Waals surface area contributed by atoms with Crippen molar-refractivity contribution in [2.24, 2.45) is 0 Å². The van der Waals surface area contributed by atoms with Crippen LogP contribution in [0, 0.1) is 0 Å². The molecular formula is C13H16Cl2N2O3. The molecule has 5 nitrogen and oxygen atoms in total. The van der Waals surface area contributed by atoms with Gasteiger partial charge >= 0.3 is 0 Å². The first-order chi connectivity index (χ1) is 9.45. The maximum absolute atomic E-state index is 11.7. The topological polar surface area (TPSA) is 58.6 Å². The predicted molar refractivity (Wildman–Crippen MR) is 79.4 cm³/mol. The Bertz CT molecular complexity index is 495. The van der Waals surface area contributed by atoms with E-state index in [1.54, 1.807) is 25.3 Å². The molecule has 1 aromatic carbocycles. The molecule has 2 amide bonds. The Morgan fingerprint density at radius 3 is 2.55 bits per heavy atom. The van der Waals surface area contributed by atoms with Crippen LogP contribution < -0.4 is 10.2 Å². The molecule has 0 heterocycles. The maximum Gasteiger partial charge on any atom is 0.240 e. The fraction of sp³-hybridized carbons (Fsp3) is 0.385. The summed E-state index contributed by atoms with van der Waals surface area (Å²) in [4.78, 5) is 24.7. The van der Waals surface area contributed by atoms with Gasteiger partial charge in [0.15, 0.2) is 0 Å². The summed E-state index contributed by atoms with van der Waals surface area (Å²) in [5.41, 5.74) is 0.522. The van der Waals surface area contributed by atoms with Crippen LogP contribution in [0.5, 0.6) is 0 Å². The van der Waals surface area contributed by atoms with E-state index in [2.05, 4.69) is 5.32 Å². The number of carbonyl (C=O) groups excluding carboxylic acids is 2. The molecule has 110 valence electrons. The van der Waals surface area contributed by atoms with Crippen molar-refractivity contribution in [3.63, 3.8) is 0 Å². The Morgan fingerprint density at radius 2 is 2.00 bits per heavy atom. The van der Waals surface area contributed by atoms with E-state index >= 15 is 0 Å². The number of benzene rings is 1. The Kier molecular flexibility index (Phi) is 6.78. The molecule has 0 saturated heterocycles. The van der Waals surface area contributed by atoms with Crippen LogP contribution in [0.25, 0.3) is 0 Å². The molecular weight excluding hydrogens is 303 g/mol.